The van der Waals surface area contributed by atoms with E-state index in [1.54, 1.807) is 7.11 Å². The maximum absolute atomic E-state index is 9.57. The quantitative estimate of drug-likeness (QED) is 0.638. The van der Waals surface area contributed by atoms with Crippen LogP contribution in [-0.4, -0.2) is 24.4 Å². The standard InChI is InChI=1S/C8H18O2/c1-4-5-8(2,9)6-7-10-3/h9H,4-7H2,1-3H3. The van der Waals surface area contributed by atoms with Gasteiger partial charge in [0.1, 0.15) is 0 Å². The van der Waals surface area contributed by atoms with E-state index in [1.165, 1.54) is 0 Å². The van der Waals surface area contributed by atoms with Crippen LogP contribution in [0.3, 0.4) is 0 Å². The minimum atomic E-state index is -0.523. The normalized spacial score (nSPS) is 16.8. The summed E-state index contributed by atoms with van der Waals surface area (Å²) in [5.74, 6) is 0. The first-order chi connectivity index (χ1) is 4.62. The summed E-state index contributed by atoms with van der Waals surface area (Å²) >= 11 is 0. The maximum atomic E-state index is 9.57. The molecule has 0 aliphatic rings. The summed E-state index contributed by atoms with van der Waals surface area (Å²) in [5, 5.41) is 9.57. The van der Waals surface area contributed by atoms with Crippen molar-refractivity contribution < 1.29 is 9.84 Å². The third kappa shape index (κ3) is 4.77. The van der Waals surface area contributed by atoms with E-state index in [0.29, 0.717) is 6.61 Å². The molecule has 1 unspecified atom stereocenters. The summed E-state index contributed by atoms with van der Waals surface area (Å²) in [4.78, 5) is 0. The van der Waals surface area contributed by atoms with Crippen molar-refractivity contribution in [2.75, 3.05) is 13.7 Å². The second-order valence-corrected chi connectivity index (χ2v) is 2.99. The van der Waals surface area contributed by atoms with Crippen LogP contribution >= 0.6 is 0 Å². The largest absolute Gasteiger partial charge is 0.390 e. The Kier molecular flexibility index (Phi) is 4.65. The van der Waals surface area contributed by atoms with Gasteiger partial charge in [0.15, 0.2) is 0 Å². The number of aliphatic hydroxyl groups is 1. The van der Waals surface area contributed by atoms with Crippen molar-refractivity contribution in [2.24, 2.45) is 0 Å². The molecule has 62 valence electrons. The van der Waals surface area contributed by atoms with E-state index in [2.05, 4.69) is 6.92 Å². The van der Waals surface area contributed by atoms with Gasteiger partial charge in [-0.1, -0.05) is 13.3 Å². The second-order valence-electron chi connectivity index (χ2n) is 2.99. The van der Waals surface area contributed by atoms with Crippen molar-refractivity contribution in [2.45, 2.75) is 38.7 Å². The molecule has 0 fully saturated rings. The molecule has 0 aliphatic carbocycles. The van der Waals surface area contributed by atoms with Gasteiger partial charge in [-0.2, -0.15) is 0 Å². The molecule has 2 nitrogen and oxygen atoms in total. The predicted octanol–water partition coefficient (Wildman–Crippen LogP) is 1.57. The molecular formula is C8H18O2. The van der Waals surface area contributed by atoms with Crippen LogP contribution < -0.4 is 0 Å². The molecule has 0 radical (unpaired) electrons. The lowest BCUT2D eigenvalue weighted by Crippen LogP contribution is -2.25. The van der Waals surface area contributed by atoms with E-state index in [0.717, 1.165) is 19.3 Å². The van der Waals surface area contributed by atoms with Crippen molar-refractivity contribution in [3.05, 3.63) is 0 Å². The van der Waals surface area contributed by atoms with E-state index in [9.17, 15) is 5.11 Å². The molecule has 0 spiro atoms. The SMILES string of the molecule is CCCC(C)(O)CCOC. The van der Waals surface area contributed by atoms with Gasteiger partial charge in [0.05, 0.1) is 5.60 Å². The van der Waals surface area contributed by atoms with Gasteiger partial charge >= 0.3 is 0 Å². The summed E-state index contributed by atoms with van der Waals surface area (Å²) in [6.45, 7) is 4.57. The zero-order chi connectivity index (χ0) is 8.04. The van der Waals surface area contributed by atoms with Gasteiger partial charge < -0.3 is 9.84 Å². The van der Waals surface area contributed by atoms with E-state index >= 15 is 0 Å². The second kappa shape index (κ2) is 4.69. The summed E-state index contributed by atoms with van der Waals surface area (Å²) < 4.78 is 4.86. The molecule has 0 aromatic carbocycles. The fourth-order valence-corrected chi connectivity index (χ4v) is 0.986. The maximum Gasteiger partial charge on any atom is 0.0641 e. The number of methoxy groups -OCH3 is 1. The summed E-state index contributed by atoms with van der Waals surface area (Å²) in [7, 11) is 1.65. The molecule has 1 atom stereocenters. The van der Waals surface area contributed by atoms with Crippen LogP contribution in [0.15, 0.2) is 0 Å². The van der Waals surface area contributed by atoms with Crippen molar-refractivity contribution in [3.8, 4) is 0 Å². The molecule has 10 heavy (non-hydrogen) atoms. The highest BCUT2D eigenvalue weighted by Gasteiger charge is 2.17. The highest BCUT2D eigenvalue weighted by molar-refractivity contribution is 4.70. The predicted molar refractivity (Wildman–Crippen MR) is 42.0 cm³/mol. The van der Waals surface area contributed by atoms with Gasteiger partial charge in [0, 0.05) is 13.7 Å². The summed E-state index contributed by atoms with van der Waals surface area (Å²) in [6.07, 6.45) is 2.62. The van der Waals surface area contributed by atoms with Crippen LogP contribution in [0.2, 0.25) is 0 Å². The Morgan fingerprint density at radius 3 is 2.40 bits per heavy atom. The third-order valence-corrected chi connectivity index (χ3v) is 1.63. The number of rotatable bonds is 5. The lowest BCUT2D eigenvalue weighted by molar-refractivity contribution is 0.0168. The average molecular weight is 146 g/mol. The topological polar surface area (TPSA) is 29.5 Å². The van der Waals surface area contributed by atoms with Crippen LogP contribution in [0.1, 0.15) is 33.1 Å². The van der Waals surface area contributed by atoms with Crippen molar-refractivity contribution in [3.63, 3.8) is 0 Å². The average Bonchev–Trinajstić information content (AvgIpc) is 1.84. The molecule has 0 bridgehead atoms. The first-order valence-corrected chi connectivity index (χ1v) is 3.83. The zero-order valence-corrected chi connectivity index (χ0v) is 7.18. The summed E-state index contributed by atoms with van der Waals surface area (Å²) in [6, 6.07) is 0. The Morgan fingerprint density at radius 1 is 1.40 bits per heavy atom. The first kappa shape index (κ1) is 9.92. The van der Waals surface area contributed by atoms with Gasteiger partial charge in [-0.3, -0.25) is 0 Å². The minimum Gasteiger partial charge on any atom is -0.390 e. The van der Waals surface area contributed by atoms with Gasteiger partial charge in [-0.25, -0.2) is 0 Å². The van der Waals surface area contributed by atoms with Crippen LogP contribution in [0.5, 0.6) is 0 Å². The molecule has 0 saturated carbocycles. The van der Waals surface area contributed by atoms with Gasteiger partial charge in [0.2, 0.25) is 0 Å². The van der Waals surface area contributed by atoms with E-state index in [4.69, 9.17) is 4.74 Å². The zero-order valence-electron chi connectivity index (χ0n) is 7.18. The van der Waals surface area contributed by atoms with Crippen LogP contribution in [0.25, 0.3) is 0 Å². The fourth-order valence-electron chi connectivity index (χ4n) is 0.986. The lowest BCUT2D eigenvalue weighted by atomic mass is 9.97. The number of hydrogen-bond acceptors (Lipinski definition) is 2. The van der Waals surface area contributed by atoms with Crippen molar-refractivity contribution >= 4 is 0 Å². The smallest absolute Gasteiger partial charge is 0.0641 e. The number of ether oxygens (including phenoxy) is 1. The molecule has 0 amide bonds. The molecular weight excluding hydrogens is 128 g/mol. The van der Waals surface area contributed by atoms with Gasteiger partial charge in [-0.15, -0.1) is 0 Å². The highest BCUT2D eigenvalue weighted by atomic mass is 16.5. The Labute approximate surface area is 63.2 Å². The third-order valence-electron chi connectivity index (χ3n) is 1.63. The Hall–Kier alpha value is -0.0800. The van der Waals surface area contributed by atoms with Crippen LogP contribution in [0, 0.1) is 0 Å². The minimum absolute atomic E-state index is 0.523. The Morgan fingerprint density at radius 2 is 2.00 bits per heavy atom. The van der Waals surface area contributed by atoms with Crippen molar-refractivity contribution in [1.82, 2.24) is 0 Å². The van der Waals surface area contributed by atoms with Gasteiger partial charge in [-0.05, 0) is 19.8 Å². The molecule has 0 heterocycles. The molecule has 1 N–H and O–H groups in total. The Balaban J connectivity index is 3.42. The molecule has 0 saturated heterocycles. The van der Waals surface area contributed by atoms with Crippen LogP contribution in [0.4, 0.5) is 0 Å². The van der Waals surface area contributed by atoms with E-state index in [1.807, 2.05) is 6.92 Å². The summed E-state index contributed by atoms with van der Waals surface area (Å²) in [5.41, 5.74) is -0.523. The molecule has 0 aromatic heterocycles. The van der Waals surface area contributed by atoms with E-state index in [-0.39, 0.29) is 0 Å². The van der Waals surface area contributed by atoms with Crippen molar-refractivity contribution in [1.29, 1.82) is 0 Å². The first-order valence-electron chi connectivity index (χ1n) is 3.83. The highest BCUT2D eigenvalue weighted by Crippen LogP contribution is 2.15. The van der Waals surface area contributed by atoms with Crippen LogP contribution in [-0.2, 0) is 4.74 Å². The Bertz CT molecular complexity index is 79.3. The van der Waals surface area contributed by atoms with Gasteiger partial charge in [0.25, 0.3) is 0 Å². The van der Waals surface area contributed by atoms with E-state index < -0.39 is 5.60 Å². The molecule has 2 heteroatoms. The molecule has 0 rings (SSSR count). The monoisotopic (exact) mass is 146 g/mol. The molecule has 0 aliphatic heterocycles. The lowest BCUT2D eigenvalue weighted by Gasteiger charge is -2.21. The fraction of sp³-hybridized carbons (Fsp3) is 1.00. The number of hydrogen-bond donors (Lipinski definition) is 1. The molecule has 0 aromatic rings.